The normalized spacial score (nSPS) is 13.9. The first-order valence-electron chi connectivity index (χ1n) is 19.0. The van der Waals surface area contributed by atoms with E-state index in [9.17, 15) is 26.8 Å². The van der Waals surface area contributed by atoms with Crippen molar-refractivity contribution in [2.24, 2.45) is 11.7 Å². The van der Waals surface area contributed by atoms with Gasteiger partial charge in [-0.15, -0.1) is 0 Å². The van der Waals surface area contributed by atoms with E-state index < -0.39 is 10.0 Å². The summed E-state index contributed by atoms with van der Waals surface area (Å²) in [4.78, 5) is 26.0. The van der Waals surface area contributed by atoms with Crippen LogP contribution < -0.4 is 26.6 Å². The Morgan fingerprint density at radius 3 is 1.84 bits per heavy atom. The summed E-state index contributed by atoms with van der Waals surface area (Å²) in [5.41, 5.74) is 11.1. The van der Waals surface area contributed by atoms with Gasteiger partial charge in [0, 0.05) is 48.2 Å². The Morgan fingerprint density at radius 2 is 1.40 bits per heavy atom. The first kappa shape index (κ1) is 47.1. The summed E-state index contributed by atoms with van der Waals surface area (Å²) in [7, 11) is -0.680. The molecule has 3 aromatic carbocycles. The van der Waals surface area contributed by atoms with Gasteiger partial charge in [0.2, 0.25) is 10.0 Å². The molecule has 3 heterocycles. The molecule has 17 heteroatoms. The van der Waals surface area contributed by atoms with E-state index in [1.165, 1.54) is 62.7 Å². The monoisotopic (exact) mass is 840 g/mol. The molecule has 0 spiro atoms. The van der Waals surface area contributed by atoms with Gasteiger partial charge >= 0.3 is 12.1 Å². The lowest BCUT2D eigenvalue weighted by Gasteiger charge is -2.32. The fourth-order valence-electron chi connectivity index (χ4n) is 6.22. The summed E-state index contributed by atoms with van der Waals surface area (Å²) < 4.78 is 67.4. The minimum absolute atomic E-state index is 0. The maximum Gasteiger partial charge on any atom is 0.409 e. The second kappa shape index (κ2) is 21.5. The standard InChI is InChI=1S/C21H28FN3O4.C11H12FNO.C7H10N2O3S.C2H6.5H2/c1-12(2)18(19-13(3)16-11-14(22)5-6-17(16)29-19)24-20(26)23-15-7-9-25(10-8-15)21(27)28-4;1-6-9-5-8(12)3-4-10(9)14-11(6)7(2)13;1-8-13(11,12)7-4-2-6(9-10)3-5-7;1-2;;;;;/h5-6,11-12,15,18H,7-10H2,1-4H3,(H2,23,24,26);3-5,7H,13H2,1-2H3;2-5,8-10H,1H3;1-2H3;5*1H/t18-;7-;;;;;;;/m11......./s1. The molecule has 1 aliphatic rings. The van der Waals surface area contributed by atoms with Crippen LogP contribution in [0.15, 0.2) is 74.4 Å². The second-order valence-electron chi connectivity index (χ2n) is 13.7. The SMILES string of the molecule is CC.CNS(=O)(=O)c1ccc(NO)cc1.COC(=O)N1CCC(NC(=O)N[C@@H](c2oc3ccc(F)cc3c2C)C(C)C)CC1.Cc1c([C@@H](C)N)oc2ccc(F)cc12.[HH].[HH].[HH].[HH].[HH]. The number of nitrogens with two attached hydrogens (primary N) is 1. The summed E-state index contributed by atoms with van der Waals surface area (Å²) in [5, 5.41) is 16.0. The minimum Gasteiger partial charge on any atom is -0.459 e. The molecule has 14 nitrogen and oxygen atoms in total. The third kappa shape index (κ3) is 12.1. The van der Waals surface area contributed by atoms with E-state index in [-0.39, 0.29) is 59.8 Å². The highest BCUT2D eigenvalue weighted by Crippen LogP contribution is 2.33. The predicted octanol–water partition coefficient (Wildman–Crippen LogP) is 9.66. The number of nitrogens with zero attached hydrogens (tertiary/aromatic N) is 1. The van der Waals surface area contributed by atoms with E-state index in [1.54, 1.807) is 17.0 Å². The average molecular weight is 841 g/mol. The number of carbonyl (C=O) groups excluding carboxylic acids is 2. The zero-order valence-electron chi connectivity index (χ0n) is 34.4. The van der Waals surface area contributed by atoms with E-state index in [1.807, 2.05) is 53.9 Å². The average Bonchev–Trinajstić information content (AvgIpc) is 3.72. The highest BCUT2D eigenvalue weighted by molar-refractivity contribution is 7.89. The van der Waals surface area contributed by atoms with Crippen LogP contribution in [0.2, 0.25) is 0 Å². The second-order valence-corrected chi connectivity index (χ2v) is 15.6. The Hall–Kier alpha value is -5.23. The molecule has 3 amide bonds. The van der Waals surface area contributed by atoms with E-state index in [2.05, 4.69) is 15.4 Å². The number of amides is 3. The number of fused-ring (bicyclic) bond motifs is 2. The van der Waals surface area contributed by atoms with Crippen LogP contribution >= 0.6 is 0 Å². The van der Waals surface area contributed by atoms with Gasteiger partial charge < -0.3 is 34.8 Å². The van der Waals surface area contributed by atoms with Crippen LogP contribution in [0.1, 0.15) is 89.3 Å². The van der Waals surface area contributed by atoms with Crippen LogP contribution in [-0.2, 0) is 14.8 Å². The van der Waals surface area contributed by atoms with Crippen molar-refractivity contribution in [2.45, 2.75) is 84.3 Å². The molecule has 0 bridgehead atoms. The maximum atomic E-state index is 13.6. The number of piperidine rings is 1. The number of halogens is 2. The Bertz CT molecular complexity index is 2240. The lowest BCUT2D eigenvalue weighted by molar-refractivity contribution is 0.110. The highest BCUT2D eigenvalue weighted by Gasteiger charge is 2.28. The third-order valence-corrected chi connectivity index (χ3v) is 10.8. The molecule has 328 valence electrons. The zero-order valence-corrected chi connectivity index (χ0v) is 35.2. The molecular formula is C41H66F2N6O8S. The molecule has 0 aliphatic carbocycles. The van der Waals surface area contributed by atoms with Gasteiger partial charge in [-0.1, -0.05) is 27.7 Å². The lowest BCUT2D eigenvalue weighted by atomic mass is 9.98. The first-order valence-corrected chi connectivity index (χ1v) is 20.4. The van der Waals surface area contributed by atoms with Crippen molar-refractivity contribution in [2.75, 3.05) is 32.7 Å². The Kier molecular flexibility index (Phi) is 17.5. The van der Waals surface area contributed by atoms with Crippen molar-refractivity contribution in [1.29, 1.82) is 0 Å². The van der Waals surface area contributed by atoms with Crippen LogP contribution in [0.3, 0.4) is 0 Å². The molecule has 1 saturated heterocycles. The summed E-state index contributed by atoms with van der Waals surface area (Å²) in [5.74, 6) is 0.864. The number of sulfonamides is 1. The predicted molar refractivity (Wildman–Crippen MR) is 231 cm³/mol. The quantitative estimate of drug-likeness (QED) is 0.0817. The molecule has 2 atom stereocenters. The van der Waals surface area contributed by atoms with Crippen molar-refractivity contribution in [3.63, 3.8) is 0 Å². The molecular weight excluding hydrogens is 775 g/mol. The van der Waals surface area contributed by atoms with E-state index in [4.69, 9.17) is 24.5 Å². The van der Waals surface area contributed by atoms with Gasteiger partial charge in [0.25, 0.3) is 0 Å². The Labute approximate surface area is 345 Å². The number of aryl methyl sites for hydroxylation is 2. The molecule has 0 unspecified atom stereocenters. The van der Waals surface area contributed by atoms with E-state index in [0.29, 0.717) is 53.9 Å². The number of benzene rings is 3. The molecule has 58 heavy (non-hydrogen) atoms. The maximum absolute atomic E-state index is 13.6. The van der Waals surface area contributed by atoms with Crippen LogP contribution in [-0.4, -0.2) is 63.9 Å². The summed E-state index contributed by atoms with van der Waals surface area (Å²) in [6.45, 7) is 14.7. The molecule has 7 N–H and O–H groups in total. The zero-order chi connectivity index (χ0) is 43.3. The van der Waals surface area contributed by atoms with Crippen LogP contribution in [0, 0.1) is 31.4 Å². The molecule has 2 aromatic heterocycles. The van der Waals surface area contributed by atoms with Gasteiger partial charge in [-0.2, -0.15) is 0 Å². The van der Waals surface area contributed by atoms with Crippen LogP contribution in [0.5, 0.6) is 0 Å². The molecule has 0 saturated carbocycles. The summed E-state index contributed by atoms with van der Waals surface area (Å²) in [6, 6.07) is 13.8. The van der Waals surface area contributed by atoms with Gasteiger partial charge in [0.05, 0.1) is 29.8 Å². The summed E-state index contributed by atoms with van der Waals surface area (Å²) in [6.07, 6.45) is 0.986. The molecule has 1 fully saturated rings. The minimum atomic E-state index is -3.38. The van der Waals surface area contributed by atoms with Crippen molar-refractivity contribution < 1.29 is 52.7 Å². The van der Waals surface area contributed by atoms with E-state index in [0.717, 1.165) is 22.3 Å². The number of nitrogens with one attached hydrogen (secondary N) is 4. The van der Waals surface area contributed by atoms with E-state index >= 15 is 0 Å². The van der Waals surface area contributed by atoms with Crippen molar-refractivity contribution in [1.82, 2.24) is 20.3 Å². The van der Waals surface area contributed by atoms with Gasteiger partial charge in [-0.3, -0.25) is 10.7 Å². The van der Waals surface area contributed by atoms with Gasteiger partial charge in [-0.05, 0) is 107 Å². The smallest absolute Gasteiger partial charge is 0.409 e. The number of hydrogen-bond acceptors (Lipinski definition) is 10. The Balaban J connectivity index is -0.000000897. The number of hydrogen-bond donors (Lipinski definition) is 6. The summed E-state index contributed by atoms with van der Waals surface area (Å²) >= 11 is 0. The molecule has 0 radical (unpaired) electrons. The number of ether oxygens (including phenoxy) is 1. The fourth-order valence-corrected chi connectivity index (χ4v) is 6.95. The van der Waals surface area contributed by atoms with Crippen LogP contribution in [0.25, 0.3) is 21.9 Å². The first-order chi connectivity index (χ1) is 27.5. The number of rotatable bonds is 8. The third-order valence-electron chi connectivity index (χ3n) is 9.34. The molecule has 5 aromatic rings. The number of furan rings is 2. The molecule has 6 rings (SSSR count). The van der Waals surface area contributed by atoms with Crippen molar-refractivity contribution in [3.8, 4) is 0 Å². The number of carbonyl (C=O) groups is 2. The molecule has 1 aliphatic heterocycles. The van der Waals surface area contributed by atoms with Gasteiger partial charge in [-0.25, -0.2) is 31.5 Å². The Morgan fingerprint density at radius 1 is 0.897 bits per heavy atom. The lowest BCUT2D eigenvalue weighted by Crippen LogP contribution is -2.50. The number of urea groups is 1. The van der Waals surface area contributed by atoms with Crippen molar-refractivity contribution >= 4 is 49.8 Å². The number of anilines is 1. The number of methoxy groups -OCH3 is 1. The van der Waals surface area contributed by atoms with Gasteiger partial charge in [0.15, 0.2) is 0 Å². The van der Waals surface area contributed by atoms with Crippen molar-refractivity contribution in [3.05, 3.63) is 94.9 Å². The van der Waals surface area contributed by atoms with Crippen LogP contribution in [0.4, 0.5) is 24.1 Å². The largest absolute Gasteiger partial charge is 0.459 e. The highest BCUT2D eigenvalue weighted by atomic mass is 32.2. The number of likely N-dealkylation sites (tertiary alicyclic amines) is 1. The fraction of sp³-hybridized carbons (Fsp3) is 0.415. The topological polar surface area (TPSA) is 201 Å². The van der Waals surface area contributed by atoms with Gasteiger partial charge in [0.1, 0.15) is 34.3 Å².